The highest BCUT2D eigenvalue weighted by Crippen LogP contribution is 2.48. The van der Waals surface area contributed by atoms with E-state index in [1.807, 2.05) is 37.3 Å². The number of hydrogen-bond acceptors (Lipinski definition) is 4. The number of phenols is 2. The van der Waals surface area contributed by atoms with Crippen molar-refractivity contribution < 1.29 is 19.7 Å². The molecule has 0 unspecified atom stereocenters. The normalized spacial score (nSPS) is 19.3. The van der Waals surface area contributed by atoms with Gasteiger partial charge in [-0.15, -0.1) is 0 Å². The molecule has 2 N–H and O–H groups in total. The molecule has 0 radical (unpaired) electrons. The van der Waals surface area contributed by atoms with E-state index in [2.05, 4.69) is 0 Å². The predicted molar refractivity (Wildman–Crippen MR) is 96.8 cm³/mol. The SMILES string of the molecule is COc1cccc2c([C@@H]3C[C@@H](C)Oc4cccc(O)c43)ccc(O)c12. The first-order valence-electron chi connectivity index (χ1n) is 8.37. The van der Waals surface area contributed by atoms with Crippen molar-refractivity contribution in [1.29, 1.82) is 0 Å². The highest BCUT2D eigenvalue weighted by atomic mass is 16.5. The summed E-state index contributed by atoms with van der Waals surface area (Å²) < 4.78 is 11.3. The number of phenolic OH excluding ortho intramolecular Hbond substituents is 2. The Morgan fingerprint density at radius 1 is 1.00 bits per heavy atom. The Morgan fingerprint density at radius 3 is 2.60 bits per heavy atom. The van der Waals surface area contributed by atoms with Gasteiger partial charge in [0.15, 0.2) is 0 Å². The summed E-state index contributed by atoms with van der Waals surface area (Å²) in [6, 6.07) is 14.7. The van der Waals surface area contributed by atoms with Crippen molar-refractivity contribution in [1.82, 2.24) is 0 Å². The van der Waals surface area contributed by atoms with E-state index in [0.29, 0.717) is 16.9 Å². The van der Waals surface area contributed by atoms with E-state index in [-0.39, 0.29) is 23.5 Å². The molecule has 2 atom stereocenters. The number of rotatable bonds is 2. The second-order valence-electron chi connectivity index (χ2n) is 6.46. The van der Waals surface area contributed by atoms with Gasteiger partial charge in [0.25, 0.3) is 0 Å². The van der Waals surface area contributed by atoms with Crippen LogP contribution in [0.15, 0.2) is 48.5 Å². The van der Waals surface area contributed by atoms with E-state index < -0.39 is 0 Å². The summed E-state index contributed by atoms with van der Waals surface area (Å²) in [6.07, 6.45) is 0.788. The molecule has 25 heavy (non-hydrogen) atoms. The molecule has 1 heterocycles. The largest absolute Gasteiger partial charge is 0.508 e. The molecule has 128 valence electrons. The van der Waals surface area contributed by atoms with Crippen molar-refractivity contribution in [2.45, 2.75) is 25.4 Å². The first kappa shape index (κ1) is 15.6. The third kappa shape index (κ3) is 2.45. The average Bonchev–Trinajstić information content (AvgIpc) is 2.61. The van der Waals surface area contributed by atoms with Gasteiger partial charge in [0.05, 0.1) is 18.6 Å². The Balaban J connectivity index is 1.99. The van der Waals surface area contributed by atoms with E-state index in [1.165, 1.54) is 0 Å². The van der Waals surface area contributed by atoms with Crippen LogP contribution in [-0.2, 0) is 0 Å². The van der Waals surface area contributed by atoms with Crippen LogP contribution in [0, 0.1) is 0 Å². The maximum atomic E-state index is 10.4. The minimum absolute atomic E-state index is 0.0184. The highest BCUT2D eigenvalue weighted by molar-refractivity contribution is 5.96. The predicted octanol–water partition coefficient (Wildman–Crippen LogP) is 4.56. The molecule has 3 aromatic carbocycles. The third-order valence-electron chi connectivity index (χ3n) is 4.90. The minimum atomic E-state index is -0.0184. The van der Waals surface area contributed by atoms with Crippen LogP contribution < -0.4 is 9.47 Å². The summed E-state index contributed by atoms with van der Waals surface area (Å²) >= 11 is 0. The first-order valence-corrected chi connectivity index (χ1v) is 8.37. The lowest BCUT2D eigenvalue weighted by atomic mass is 9.81. The van der Waals surface area contributed by atoms with Crippen LogP contribution in [-0.4, -0.2) is 23.4 Å². The quantitative estimate of drug-likeness (QED) is 0.720. The van der Waals surface area contributed by atoms with Gasteiger partial charge in [-0.05, 0) is 48.6 Å². The van der Waals surface area contributed by atoms with E-state index >= 15 is 0 Å². The fraction of sp³-hybridized carbons (Fsp3) is 0.238. The number of hydrogen-bond donors (Lipinski definition) is 2. The van der Waals surface area contributed by atoms with Gasteiger partial charge in [-0.25, -0.2) is 0 Å². The molecule has 0 amide bonds. The van der Waals surface area contributed by atoms with Crippen LogP contribution in [0.4, 0.5) is 0 Å². The molecule has 4 nitrogen and oxygen atoms in total. The number of ether oxygens (including phenoxy) is 2. The Hall–Kier alpha value is -2.88. The highest BCUT2D eigenvalue weighted by Gasteiger charge is 2.31. The van der Waals surface area contributed by atoms with Gasteiger partial charge >= 0.3 is 0 Å². The number of aromatic hydroxyl groups is 2. The second kappa shape index (κ2) is 5.88. The summed E-state index contributed by atoms with van der Waals surface area (Å²) in [5.41, 5.74) is 1.85. The lowest BCUT2D eigenvalue weighted by Gasteiger charge is -2.32. The zero-order valence-electron chi connectivity index (χ0n) is 14.2. The van der Waals surface area contributed by atoms with Crippen LogP contribution in [0.3, 0.4) is 0 Å². The Morgan fingerprint density at radius 2 is 1.80 bits per heavy atom. The third-order valence-corrected chi connectivity index (χ3v) is 4.90. The molecule has 1 aliphatic heterocycles. The average molecular weight is 336 g/mol. The molecular formula is C21H20O4. The van der Waals surface area contributed by atoms with Crippen LogP contribution in [0.5, 0.6) is 23.0 Å². The monoisotopic (exact) mass is 336 g/mol. The van der Waals surface area contributed by atoms with E-state index in [1.54, 1.807) is 25.3 Å². The lowest BCUT2D eigenvalue weighted by Crippen LogP contribution is -2.23. The van der Waals surface area contributed by atoms with Crippen LogP contribution >= 0.6 is 0 Å². The number of methoxy groups -OCH3 is 1. The van der Waals surface area contributed by atoms with Gasteiger partial charge in [-0.3, -0.25) is 0 Å². The Kier molecular flexibility index (Phi) is 3.68. The maximum Gasteiger partial charge on any atom is 0.130 e. The second-order valence-corrected chi connectivity index (χ2v) is 6.46. The molecule has 0 aromatic heterocycles. The first-order chi connectivity index (χ1) is 12.1. The van der Waals surface area contributed by atoms with Crippen LogP contribution in [0.25, 0.3) is 10.8 Å². The van der Waals surface area contributed by atoms with Crippen molar-refractivity contribution >= 4 is 10.8 Å². The molecule has 0 saturated heterocycles. The van der Waals surface area contributed by atoms with Gasteiger partial charge in [-0.1, -0.05) is 24.3 Å². The molecule has 0 saturated carbocycles. The van der Waals surface area contributed by atoms with Gasteiger partial charge in [0, 0.05) is 11.5 Å². The molecule has 4 rings (SSSR count). The summed E-state index contributed by atoms with van der Waals surface area (Å²) in [4.78, 5) is 0. The Labute approximate surface area is 146 Å². The van der Waals surface area contributed by atoms with Crippen molar-refractivity contribution in [3.05, 3.63) is 59.7 Å². The Bertz CT molecular complexity index is 948. The standard InChI is InChI=1S/C21H20O4/c1-12-11-15(21-16(22)6-4-8-19(21)25-12)13-9-10-17(23)20-14(13)5-3-7-18(20)24-2/h3-10,12,15,22-23H,11H2,1-2H3/t12-,15+/m1/s1. The van der Waals surface area contributed by atoms with E-state index in [9.17, 15) is 10.2 Å². The summed E-state index contributed by atoms with van der Waals surface area (Å²) in [5, 5.41) is 22.4. The summed E-state index contributed by atoms with van der Waals surface area (Å²) in [6.45, 7) is 2.03. The zero-order chi connectivity index (χ0) is 17.6. The minimum Gasteiger partial charge on any atom is -0.508 e. The molecule has 0 fully saturated rings. The zero-order valence-corrected chi connectivity index (χ0v) is 14.2. The number of benzene rings is 3. The van der Waals surface area contributed by atoms with Crippen molar-refractivity contribution in [3.63, 3.8) is 0 Å². The van der Waals surface area contributed by atoms with Gasteiger partial charge in [0.1, 0.15) is 23.0 Å². The van der Waals surface area contributed by atoms with Crippen molar-refractivity contribution in [2.75, 3.05) is 7.11 Å². The molecule has 0 spiro atoms. The maximum absolute atomic E-state index is 10.4. The van der Waals surface area contributed by atoms with E-state index in [0.717, 1.165) is 22.9 Å². The molecule has 1 aliphatic rings. The lowest BCUT2D eigenvalue weighted by molar-refractivity contribution is 0.181. The summed E-state index contributed by atoms with van der Waals surface area (Å²) in [5.74, 6) is 1.75. The molecular weight excluding hydrogens is 316 g/mol. The fourth-order valence-corrected chi connectivity index (χ4v) is 3.83. The van der Waals surface area contributed by atoms with Crippen LogP contribution in [0.1, 0.15) is 30.4 Å². The molecule has 0 aliphatic carbocycles. The van der Waals surface area contributed by atoms with E-state index in [4.69, 9.17) is 9.47 Å². The van der Waals surface area contributed by atoms with Gasteiger partial charge in [0.2, 0.25) is 0 Å². The van der Waals surface area contributed by atoms with Crippen molar-refractivity contribution in [3.8, 4) is 23.0 Å². The van der Waals surface area contributed by atoms with Gasteiger partial charge < -0.3 is 19.7 Å². The van der Waals surface area contributed by atoms with Crippen LogP contribution in [0.2, 0.25) is 0 Å². The van der Waals surface area contributed by atoms with Gasteiger partial charge in [-0.2, -0.15) is 0 Å². The smallest absolute Gasteiger partial charge is 0.130 e. The molecule has 4 heteroatoms. The topological polar surface area (TPSA) is 58.9 Å². The van der Waals surface area contributed by atoms with Crippen molar-refractivity contribution in [2.24, 2.45) is 0 Å². The number of fused-ring (bicyclic) bond motifs is 2. The molecule has 3 aromatic rings. The molecule has 0 bridgehead atoms. The summed E-state index contributed by atoms with van der Waals surface area (Å²) in [7, 11) is 1.60. The fourth-order valence-electron chi connectivity index (χ4n) is 3.83.